The molecule has 332 valence electrons. The quantitative estimate of drug-likeness (QED) is 0.0474. The highest BCUT2D eigenvalue weighted by molar-refractivity contribution is 5.81. The number of carbonyl (C=O) groups excluding carboxylic acids is 1. The van der Waals surface area contributed by atoms with E-state index in [1.54, 1.807) is 0 Å². The van der Waals surface area contributed by atoms with Gasteiger partial charge in [-0.3, -0.25) is 4.79 Å². The Balaban J connectivity index is 2.14. The molecule has 0 saturated carbocycles. The van der Waals surface area contributed by atoms with Crippen molar-refractivity contribution in [1.82, 2.24) is 4.90 Å². The van der Waals surface area contributed by atoms with Crippen molar-refractivity contribution in [3.63, 3.8) is 0 Å². The Bertz CT molecular complexity index is 915. The van der Waals surface area contributed by atoms with Crippen LogP contribution in [0, 0.1) is 11.8 Å². The van der Waals surface area contributed by atoms with Crippen LogP contribution in [0.25, 0.3) is 0 Å². The summed E-state index contributed by atoms with van der Waals surface area (Å²) in [5, 5.41) is 0. The van der Waals surface area contributed by atoms with Crippen LogP contribution in [0.15, 0.2) is 48.6 Å². The van der Waals surface area contributed by atoms with Crippen molar-refractivity contribution in [2.24, 2.45) is 23.3 Å². The summed E-state index contributed by atoms with van der Waals surface area (Å²) in [7, 11) is 0. The highest BCUT2D eigenvalue weighted by atomic mass is 16.5. The molecule has 0 aromatic carbocycles. The number of likely N-dealkylation sites (tertiary alicyclic amines) is 1. The van der Waals surface area contributed by atoms with Crippen molar-refractivity contribution in [3.05, 3.63) is 48.6 Å². The maximum absolute atomic E-state index is 13.1. The molecule has 1 saturated heterocycles. The van der Waals surface area contributed by atoms with Gasteiger partial charge in [0.25, 0.3) is 0 Å². The van der Waals surface area contributed by atoms with Crippen LogP contribution in [0.5, 0.6) is 0 Å². The Labute approximate surface area is 354 Å². The number of carbonyl (C=O) groups is 1. The molecule has 0 aromatic heterocycles. The SMILES string of the molecule is CCCCC/C=C\C/C=C\CCCCCCCCCCOC[C@@H]1CN(C(=O)[C@@H](N)CCCN)C[C@H]1COCCCCCCCCCC/C=C\C/C=C\CCCCC. The molecule has 0 aliphatic carbocycles. The normalized spacial score (nSPS) is 16.8. The van der Waals surface area contributed by atoms with Gasteiger partial charge in [-0.2, -0.15) is 0 Å². The van der Waals surface area contributed by atoms with E-state index in [9.17, 15) is 4.79 Å². The van der Waals surface area contributed by atoms with Crippen molar-refractivity contribution in [2.75, 3.05) is 46.1 Å². The third-order valence-electron chi connectivity index (χ3n) is 11.6. The number of amides is 1. The van der Waals surface area contributed by atoms with Gasteiger partial charge in [-0.1, -0.05) is 165 Å². The fourth-order valence-electron chi connectivity index (χ4n) is 7.75. The summed E-state index contributed by atoms with van der Waals surface area (Å²) in [6, 6.07) is -0.460. The van der Waals surface area contributed by atoms with E-state index in [2.05, 4.69) is 62.5 Å². The van der Waals surface area contributed by atoms with Crippen LogP contribution >= 0.6 is 0 Å². The predicted octanol–water partition coefficient (Wildman–Crippen LogP) is 13.3. The van der Waals surface area contributed by atoms with Crippen LogP contribution in [0.4, 0.5) is 0 Å². The molecule has 1 rings (SSSR count). The van der Waals surface area contributed by atoms with Gasteiger partial charge in [0.05, 0.1) is 19.3 Å². The number of rotatable bonds is 42. The molecule has 1 heterocycles. The molecule has 0 aromatic rings. The van der Waals surface area contributed by atoms with Gasteiger partial charge in [0.15, 0.2) is 0 Å². The first kappa shape index (κ1) is 53.3. The molecule has 1 aliphatic heterocycles. The largest absolute Gasteiger partial charge is 0.381 e. The van der Waals surface area contributed by atoms with Gasteiger partial charge in [0.1, 0.15) is 0 Å². The molecule has 1 amide bonds. The fourth-order valence-corrected chi connectivity index (χ4v) is 7.75. The Hall–Kier alpha value is -1.73. The number of ether oxygens (including phenoxy) is 2. The van der Waals surface area contributed by atoms with Gasteiger partial charge < -0.3 is 25.8 Å². The van der Waals surface area contributed by atoms with E-state index in [-0.39, 0.29) is 5.91 Å². The summed E-state index contributed by atoms with van der Waals surface area (Å²) in [5.74, 6) is 0.682. The first-order valence-corrected chi connectivity index (χ1v) is 24.6. The lowest BCUT2D eigenvalue weighted by atomic mass is 9.98. The second-order valence-electron chi connectivity index (χ2n) is 17.0. The Morgan fingerprint density at radius 3 is 1.25 bits per heavy atom. The first-order chi connectivity index (χ1) is 28.1. The van der Waals surface area contributed by atoms with Crippen LogP contribution in [0.3, 0.4) is 0 Å². The van der Waals surface area contributed by atoms with Gasteiger partial charge in [-0.15, -0.1) is 0 Å². The molecule has 6 nitrogen and oxygen atoms in total. The van der Waals surface area contributed by atoms with Crippen LogP contribution in [-0.4, -0.2) is 62.9 Å². The first-order valence-electron chi connectivity index (χ1n) is 24.6. The summed E-state index contributed by atoms with van der Waals surface area (Å²) >= 11 is 0. The number of nitrogens with two attached hydrogens (primary N) is 2. The monoisotopic (exact) mass is 798 g/mol. The number of nitrogens with zero attached hydrogens (tertiary/aromatic N) is 1. The van der Waals surface area contributed by atoms with Crippen molar-refractivity contribution in [3.8, 4) is 0 Å². The van der Waals surface area contributed by atoms with E-state index in [1.807, 2.05) is 4.90 Å². The molecule has 4 N–H and O–H groups in total. The Kier molecular flexibility index (Phi) is 39.6. The van der Waals surface area contributed by atoms with Crippen molar-refractivity contribution in [2.45, 2.75) is 213 Å². The topological polar surface area (TPSA) is 90.8 Å². The summed E-state index contributed by atoms with van der Waals surface area (Å²) in [6.07, 6.45) is 55.9. The minimum absolute atomic E-state index is 0.0609. The maximum Gasteiger partial charge on any atom is 0.239 e. The minimum Gasteiger partial charge on any atom is -0.381 e. The molecule has 0 unspecified atom stereocenters. The van der Waals surface area contributed by atoms with E-state index in [4.69, 9.17) is 20.9 Å². The van der Waals surface area contributed by atoms with E-state index in [0.29, 0.717) is 38.0 Å². The van der Waals surface area contributed by atoms with Crippen LogP contribution in [-0.2, 0) is 14.3 Å². The van der Waals surface area contributed by atoms with E-state index < -0.39 is 6.04 Å². The smallest absolute Gasteiger partial charge is 0.239 e. The molecule has 1 fully saturated rings. The standard InChI is InChI=1S/C51H95N3O3/c1-3-5-7-9-11-13-15-17-19-21-23-25-27-29-31-33-35-37-42-56-46-48-44-54(51(55)50(53)40-39-41-52)45-49(48)47-57-43-38-36-34-32-30-28-26-24-22-20-18-16-14-12-10-8-6-4-2/h11-14,17-20,48-50H,3-10,15-16,21-47,52-53H2,1-2H3/b13-11-,14-12-,19-17-,20-18-/t48-,49-,50-/m0/s1. The Morgan fingerprint density at radius 2 is 0.877 bits per heavy atom. The maximum atomic E-state index is 13.1. The molecular weight excluding hydrogens is 703 g/mol. The number of allylic oxidation sites excluding steroid dienone is 8. The van der Waals surface area contributed by atoms with E-state index >= 15 is 0 Å². The summed E-state index contributed by atoms with van der Waals surface area (Å²) in [5.41, 5.74) is 11.9. The molecule has 3 atom stereocenters. The zero-order valence-corrected chi connectivity index (χ0v) is 37.8. The van der Waals surface area contributed by atoms with E-state index in [1.165, 1.54) is 154 Å². The molecular formula is C51H95N3O3. The van der Waals surface area contributed by atoms with Crippen LogP contribution in [0.2, 0.25) is 0 Å². The number of hydrogen-bond acceptors (Lipinski definition) is 5. The lowest BCUT2D eigenvalue weighted by Gasteiger charge is -2.21. The number of hydrogen-bond donors (Lipinski definition) is 2. The average Bonchev–Trinajstić information content (AvgIpc) is 3.63. The van der Waals surface area contributed by atoms with E-state index in [0.717, 1.165) is 58.4 Å². The third-order valence-corrected chi connectivity index (χ3v) is 11.6. The average molecular weight is 798 g/mol. The highest BCUT2D eigenvalue weighted by Crippen LogP contribution is 2.26. The van der Waals surface area contributed by atoms with Crippen molar-refractivity contribution in [1.29, 1.82) is 0 Å². The molecule has 57 heavy (non-hydrogen) atoms. The second-order valence-corrected chi connectivity index (χ2v) is 17.0. The molecule has 0 radical (unpaired) electrons. The van der Waals surface area contributed by atoms with Crippen LogP contribution in [0.1, 0.15) is 206 Å². The van der Waals surface area contributed by atoms with Gasteiger partial charge >= 0.3 is 0 Å². The molecule has 0 spiro atoms. The Morgan fingerprint density at radius 1 is 0.526 bits per heavy atom. The third kappa shape index (κ3) is 33.8. The second kappa shape index (κ2) is 42.4. The summed E-state index contributed by atoms with van der Waals surface area (Å²) in [4.78, 5) is 15.1. The summed E-state index contributed by atoms with van der Waals surface area (Å²) in [6.45, 7) is 9.56. The lowest BCUT2D eigenvalue weighted by Crippen LogP contribution is -2.43. The lowest BCUT2D eigenvalue weighted by molar-refractivity contribution is -0.132. The van der Waals surface area contributed by atoms with Crippen LogP contribution < -0.4 is 11.5 Å². The zero-order valence-electron chi connectivity index (χ0n) is 37.8. The summed E-state index contributed by atoms with van der Waals surface area (Å²) < 4.78 is 12.4. The van der Waals surface area contributed by atoms with Crippen molar-refractivity contribution >= 4 is 5.91 Å². The zero-order chi connectivity index (χ0) is 41.1. The number of unbranched alkanes of at least 4 members (excludes halogenated alkanes) is 22. The van der Waals surface area contributed by atoms with Crippen molar-refractivity contribution < 1.29 is 14.3 Å². The molecule has 6 heteroatoms. The fraction of sp³-hybridized carbons (Fsp3) is 0.824. The predicted molar refractivity (Wildman–Crippen MR) is 249 cm³/mol. The van der Waals surface area contributed by atoms with Gasteiger partial charge in [0, 0.05) is 38.1 Å². The minimum atomic E-state index is -0.460. The van der Waals surface area contributed by atoms with Gasteiger partial charge in [-0.25, -0.2) is 0 Å². The van der Waals surface area contributed by atoms with Gasteiger partial charge in [-0.05, 0) is 96.4 Å². The van der Waals surface area contributed by atoms with Gasteiger partial charge in [0.2, 0.25) is 5.91 Å². The highest BCUT2D eigenvalue weighted by Gasteiger charge is 2.36. The molecule has 1 aliphatic rings. The molecule has 0 bridgehead atoms.